The van der Waals surface area contributed by atoms with E-state index in [2.05, 4.69) is 14.7 Å². The maximum Gasteiger partial charge on any atom is 0.490 e. The minimum atomic E-state index is -5.08. The summed E-state index contributed by atoms with van der Waals surface area (Å²) in [6.45, 7) is 3.96. The van der Waals surface area contributed by atoms with Crippen LogP contribution in [0.1, 0.15) is 36.6 Å². The number of carboxylic acid groups (broad SMARTS) is 1. The standard InChI is InChI=1S/C22H23N5O2S2.C2HF3O2/c1-2-18-24-19(31-25-18)13-26-16-12-17(14-6-4-3-5-7-14)30-20(16)21(28)27(22(26)29)15-8-10-23-11-9-15;3-2(4,5)1(6)7/h3-7,12,15,23H,2,8-11,13H2,1H3;(H,6,7). The quantitative estimate of drug-likeness (QED) is 0.375. The zero-order valence-corrected chi connectivity index (χ0v) is 21.8. The van der Waals surface area contributed by atoms with E-state index >= 15 is 0 Å². The number of rotatable bonds is 5. The third kappa shape index (κ3) is 6.03. The summed E-state index contributed by atoms with van der Waals surface area (Å²) < 4.78 is 39.9. The van der Waals surface area contributed by atoms with Gasteiger partial charge in [0.1, 0.15) is 15.5 Å². The molecule has 1 aliphatic rings. The lowest BCUT2D eigenvalue weighted by atomic mass is 10.1. The molecule has 0 aliphatic carbocycles. The van der Waals surface area contributed by atoms with Crippen LogP contribution in [0.15, 0.2) is 46.0 Å². The highest BCUT2D eigenvalue weighted by atomic mass is 32.1. The Kier molecular flexibility index (Phi) is 8.43. The topological polar surface area (TPSA) is 119 Å². The molecule has 202 valence electrons. The smallest absolute Gasteiger partial charge is 0.475 e. The van der Waals surface area contributed by atoms with E-state index in [1.165, 1.54) is 27.4 Å². The van der Waals surface area contributed by atoms with E-state index in [1.54, 1.807) is 4.57 Å². The summed E-state index contributed by atoms with van der Waals surface area (Å²) in [4.78, 5) is 41.5. The molecule has 0 spiro atoms. The normalized spacial score (nSPS) is 14.3. The monoisotopic (exact) mass is 567 g/mol. The molecule has 0 atom stereocenters. The van der Waals surface area contributed by atoms with Gasteiger partial charge in [-0.1, -0.05) is 37.3 Å². The Hall–Kier alpha value is -3.36. The molecule has 3 aromatic heterocycles. The SMILES string of the molecule is CCc1nsc(Cn2c(=O)n(C3CCNCC3)c(=O)c3sc(-c4ccccc4)cc32)n1.O=C(O)C(F)(F)F. The first-order chi connectivity index (χ1) is 18.1. The number of aliphatic carboxylic acids is 1. The minimum Gasteiger partial charge on any atom is -0.475 e. The second kappa shape index (κ2) is 11.6. The number of carbonyl (C=O) groups is 1. The third-order valence-electron chi connectivity index (χ3n) is 5.95. The number of fused-ring (bicyclic) bond motifs is 1. The average Bonchev–Trinajstić information content (AvgIpc) is 3.55. The van der Waals surface area contributed by atoms with Crippen molar-refractivity contribution < 1.29 is 23.1 Å². The van der Waals surface area contributed by atoms with Crippen molar-refractivity contribution in [3.8, 4) is 10.4 Å². The highest BCUT2D eigenvalue weighted by molar-refractivity contribution is 7.22. The lowest BCUT2D eigenvalue weighted by Gasteiger charge is -2.24. The van der Waals surface area contributed by atoms with E-state index in [0.29, 0.717) is 16.8 Å². The first kappa shape index (κ1) is 27.7. The van der Waals surface area contributed by atoms with Crippen LogP contribution < -0.4 is 16.6 Å². The Morgan fingerprint density at radius 2 is 1.84 bits per heavy atom. The van der Waals surface area contributed by atoms with Gasteiger partial charge in [-0.15, -0.1) is 11.3 Å². The molecule has 1 aliphatic heterocycles. The molecule has 0 radical (unpaired) electrons. The van der Waals surface area contributed by atoms with Crippen molar-refractivity contribution in [2.24, 2.45) is 0 Å². The highest BCUT2D eigenvalue weighted by Gasteiger charge is 2.38. The number of carboxylic acids is 1. The van der Waals surface area contributed by atoms with E-state index in [9.17, 15) is 22.8 Å². The average molecular weight is 568 g/mol. The number of halogens is 3. The molecule has 1 saturated heterocycles. The molecule has 4 heterocycles. The fraction of sp³-hybridized carbons (Fsp3) is 0.375. The molecule has 4 aromatic rings. The van der Waals surface area contributed by atoms with Gasteiger partial charge in [0.05, 0.1) is 12.1 Å². The Morgan fingerprint density at radius 3 is 2.42 bits per heavy atom. The molecule has 2 N–H and O–H groups in total. The number of aryl methyl sites for hydroxylation is 1. The van der Waals surface area contributed by atoms with Gasteiger partial charge in [0.15, 0.2) is 0 Å². The van der Waals surface area contributed by atoms with E-state index in [1.807, 2.05) is 43.3 Å². The summed E-state index contributed by atoms with van der Waals surface area (Å²) in [5.41, 5.74) is 1.29. The first-order valence-corrected chi connectivity index (χ1v) is 13.4. The van der Waals surface area contributed by atoms with Crippen LogP contribution in [0.4, 0.5) is 13.2 Å². The van der Waals surface area contributed by atoms with E-state index < -0.39 is 12.1 Å². The van der Waals surface area contributed by atoms with Crippen LogP contribution in [-0.4, -0.2) is 48.8 Å². The van der Waals surface area contributed by atoms with Gasteiger partial charge in [-0.3, -0.25) is 13.9 Å². The molecule has 0 amide bonds. The Labute approximate surface area is 222 Å². The summed E-state index contributed by atoms with van der Waals surface area (Å²) in [6, 6.07) is 11.9. The molecular formula is C24H24F3N5O4S2. The second-order valence-corrected chi connectivity index (χ2v) is 10.4. The zero-order valence-electron chi connectivity index (χ0n) is 20.2. The fourth-order valence-corrected chi connectivity index (χ4v) is 5.90. The van der Waals surface area contributed by atoms with Gasteiger partial charge < -0.3 is 10.4 Å². The largest absolute Gasteiger partial charge is 0.490 e. The van der Waals surface area contributed by atoms with Crippen LogP contribution in [0.2, 0.25) is 0 Å². The fourth-order valence-electron chi connectivity index (χ4n) is 4.08. The number of nitrogens with zero attached hydrogens (tertiary/aromatic N) is 4. The number of benzene rings is 1. The summed E-state index contributed by atoms with van der Waals surface area (Å²) in [5.74, 6) is -1.97. The Balaban J connectivity index is 0.000000426. The van der Waals surface area contributed by atoms with Crippen molar-refractivity contribution in [1.82, 2.24) is 23.8 Å². The number of piperidine rings is 1. The van der Waals surface area contributed by atoms with Crippen LogP contribution >= 0.6 is 22.9 Å². The van der Waals surface area contributed by atoms with Crippen molar-refractivity contribution in [3.63, 3.8) is 0 Å². The number of aromatic nitrogens is 4. The van der Waals surface area contributed by atoms with Crippen LogP contribution in [0.3, 0.4) is 0 Å². The zero-order chi connectivity index (χ0) is 27.4. The number of nitrogens with one attached hydrogen (secondary N) is 1. The summed E-state index contributed by atoms with van der Waals surface area (Å²) >= 11 is 2.78. The summed E-state index contributed by atoms with van der Waals surface area (Å²) in [5, 5.41) is 11.2. The van der Waals surface area contributed by atoms with Crippen molar-refractivity contribution in [2.75, 3.05) is 13.1 Å². The van der Waals surface area contributed by atoms with E-state index in [0.717, 1.165) is 53.6 Å². The number of hydrogen-bond donors (Lipinski definition) is 2. The van der Waals surface area contributed by atoms with Gasteiger partial charge in [-0.25, -0.2) is 14.6 Å². The third-order valence-corrected chi connectivity index (χ3v) is 7.84. The Morgan fingerprint density at radius 1 is 1.18 bits per heavy atom. The van der Waals surface area contributed by atoms with Gasteiger partial charge in [0.2, 0.25) is 0 Å². The van der Waals surface area contributed by atoms with Gasteiger partial charge in [-0.2, -0.15) is 17.5 Å². The van der Waals surface area contributed by atoms with Crippen molar-refractivity contribution in [2.45, 2.75) is 44.9 Å². The van der Waals surface area contributed by atoms with Crippen LogP contribution in [0.5, 0.6) is 0 Å². The minimum absolute atomic E-state index is 0.0835. The lowest BCUT2D eigenvalue weighted by molar-refractivity contribution is -0.192. The molecule has 14 heteroatoms. The van der Waals surface area contributed by atoms with Crippen LogP contribution in [0, 0.1) is 0 Å². The molecule has 1 aromatic carbocycles. The molecular weight excluding hydrogens is 543 g/mol. The van der Waals surface area contributed by atoms with Gasteiger partial charge in [0.25, 0.3) is 5.56 Å². The maximum absolute atomic E-state index is 13.6. The molecule has 9 nitrogen and oxygen atoms in total. The number of thiophene rings is 1. The maximum atomic E-state index is 13.6. The number of hydrogen-bond acceptors (Lipinski definition) is 8. The molecule has 0 saturated carbocycles. The van der Waals surface area contributed by atoms with Crippen LogP contribution in [-0.2, 0) is 17.8 Å². The predicted octanol–water partition coefficient (Wildman–Crippen LogP) is 3.91. The van der Waals surface area contributed by atoms with Gasteiger partial charge >= 0.3 is 17.8 Å². The van der Waals surface area contributed by atoms with Crippen molar-refractivity contribution >= 4 is 39.1 Å². The molecule has 38 heavy (non-hydrogen) atoms. The second-order valence-electron chi connectivity index (χ2n) is 8.48. The molecule has 0 bridgehead atoms. The molecule has 1 fully saturated rings. The first-order valence-electron chi connectivity index (χ1n) is 11.8. The van der Waals surface area contributed by atoms with E-state index in [-0.39, 0.29) is 17.3 Å². The number of alkyl halides is 3. The van der Waals surface area contributed by atoms with Crippen molar-refractivity contribution in [3.05, 3.63) is 68.1 Å². The lowest BCUT2D eigenvalue weighted by Crippen LogP contribution is -2.45. The summed E-state index contributed by atoms with van der Waals surface area (Å²) in [6.07, 6.45) is -2.78. The van der Waals surface area contributed by atoms with E-state index in [4.69, 9.17) is 9.90 Å². The van der Waals surface area contributed by atoms with Crippen molar-refractivity contribution in [1.29, 1.82) is 0 Å². The molecule has 5 rings (SSSR count). The predicted molar refractivity (Wildman–Crippen MR) is 139 cm³/mol. The Bertz CT molecular complexity index is 1540. The van der Waals surface area contributed by atoms with Gasteiger partial charge in [0, 0.05) is 17.3 Å². The van der Waals surface area contributed by atoms with Crippen LogP contribution in [0.25, 0.3) is 20.7 Å². The van der Waals surface area contributed by atoms with Gasteiger partial charge in [-0.05, 0) is 49.1 Å². The highest BCUT2D eigenvalue weighted by Crippen LogP contribution is 2.32. The molecule has 0 unspecified atom stereocenters. The summed E-state index contributed by atoms with van der Waals surface area (Å²) in [7, 11) is 0.